The number of amides is 1. The summed E-state index contributed by atoms with van der Waals surface area (Å²) < 4.78 is 5.23. The molecule has 1 saturated heterocycles. The number of nitrogens with one attached hydrogen (secondary N) is 1. The Labute approximate surface area is 224 Å². The van der Waals surface area contributed by atoms with Crippen LogP contribution in [0.15, 0.2) is 97.1 Å². The molecule has 0 aliphatic carbocycles. The SMILES string of the molecule is COc1ccc(-c2ccc(N3CCC(C(=O)NCCC(c4ccccc4)c4ccccc4)CC3)nn2)cc1. The van der Waals surface area contributed by atoms with Crippen LogP contribution in [0, 0.1) is 5.92 Å². The highest BCUT2D eigenvalue weighted by Crippen LogP contribution is 2.28. The lowest BCUT2D eigenvalue weighted by atomic mass is 9.88. The van der Waals surface area contributed by atoms with Crippen LogP contribution in [0.25, 0.3) is 11.3 Å². The van der Waals surface area contributed by atoms with E-state index in [9.17, 15) is 4.79 Å². The summed E-state index contributed by atoms with van der Waals surface area (Å²) in [6, 6.07) is 32.9. The Kier molecular flexibility index (Phi) is 8.29. The van der Waals surface area contributed by atoms with Crippen LogP contribution in [0.5, 0.6) is 5.75 Å². The predicted molar refractivity (Wildman–Crippen MR) is 151 cm³/mol. The maximum Gasteiger partial charge on any atom is 0.223 e. The fraction of sp³-hybridized carbons (Fsp3) is 0.281. The van der Waals surface area contributed by atoms with Crippen molar-refractivity contribution in [2.75, 3.05) is 31.6 Å². The molecule has 38 heavy (non-hydrogen) atoms. The van der Waals surface area contributed by atoms with Gasteiger partial charge in [0, 0.05) is 37.0 Å². The van der Waals surface area contributed by atoms with E-state index in [4.69, 9.17) is 4.74 Å². The van der Waals surface area contributed by atoms with Crippen molar-refractivity contribution in [3.05, 3.63) is 108 Å². The normalized spacial score (nSPS) is 13.9. The van der Waals surface area contributed by atoms with Gasteiger partial charge in [0.05, 0.1) is 12.8 Å². The van der Waals surface area contributed by atoms with E-state index in [1.807, 2.05) is 48.5 Å². The van der Waals surface area contributed by atoms with E-state index in [1.54, 1.807) is 7.11 Å². The van der Waals surface area contributed by atoms with Gasteiger partial charge in [-0.05, 0) is 66.8 Å². The van der Waals surface area contributed by atoms with Crippen molar-refractivity contribution in [1.82, 2.24) is 15.5 Å². The zero-order valence-corrected chi connectivity index (χ0v) is 21.8. The molecule has 4 aromatic rings. The lowest BCUT2D eigenvalue weighted by molar-refractivity contribution is -0.125. The van der Waals surface area contributed by atoms with Gasteiger partial charge in [-0.15, -0.1) is 10.2 Å². The van der Waals surface area contributed by atoms with Gasteiger partial charge < -0.3 is 15.0 Å². The molecule has 1 fully saturated rings. The number of piperidine rings is 1. The fourth-order valence-electron chi connectivity index (χ4n) is 5.16. The highest BCUT2D eigenvalue weighted by molar-refractivity contribution is 5.79. The predicted octanol–water partition coefficient (Wildman–Crippen LogP) is 5.71. The Morgan fingerprint density at radius 1 is 0.868 bits per heavy atom. The standard InChI is InChI=1S/C32H34N4O2/c1-38-28-14-12-26(13-15-28)30-16-17-31(35-34-30)36-22-19-27(20-23-36)32(37)33-21-18-29(24-8-4-2-5-9-24)25-10-6-3-7-11-25/h2-17,27,29H,18-23H2,1H3,(H,33,37). The number of methoxy groups -OCH3 is 1. The molecule has 3 aromatic carbocycles. The van der Waals surface area contributed by atoms with E-state index in [2.05, 4.69) is 68.9 Å². The van der Waals surface area contributed by atoms with E-state index in [-0.39, 0.29) is 17.7 Å². The molecule has 0 atom stereocenters. The molecule has 5 rings (SSSR count). The Hall–Kier alpha value is -4.19. The van der Waals surface area contributed by atoms with Crippen LogP contribution in [0.1, 0.15) is 36.3 Å². The van der Waals surface area contributed by atoms with E-state index in [1.165, 1.54) is 11.1 Å². The van der Waals surface area contributed by atoms with Gasteiger partial charge in [-0.25, -0.2) is 0 Å². The van der Waals surface area contributed by atoms with E-state index >= 15 is 0 Å². The molecular weight excluding hydrogens is 472 g/mol. The fourth-order valence-corrected chi connectivity index (χ4v) is 5.16. The molecule has 1 amide bonds. The molecule has 1 aromatic heterocycles. The van der Waals surface area contributed by atoms with E-state index in [0.717, 1.165) is 55.2 Å². The first kappa shape index (κ1) is 25.5. The number of hydrogen-bond acceptors (Lipinski definition) is 5. The second-order valence-electron chi connectivity index (χ2n) is 9.72. The first-order chi connectivity index (χ1) is 18.7. The summed E-state index contributed by atoms with van der Waals surface area (Å²) in [6.45, 7) is 2.25. The van der Waals surface area contributed by atoms with Crippen LogP contribution >= 0.6 is 0 Å². The van der Waals surface area contributed by atoms with Crippen LogP contribution in [-0.2, 0) is 4.79 Å². The molecule has 194 valence electrons. The van der Waals surface area contributed by atoms with E-state index in [0.29, 0.717) is 6.54 Å². The lowest BCUT2D eigenvalue weighted by Crippen LogP contribution is -2.41. The number of carbonyl (C=O) groups is 1. The second kappa shape index (κ2) is 12.4. The largest absolute Gasteiger partial charge is 0.497 e. The summed E-state index contributed by atoms with van der Waals surface area (Å²) in [5, 5.41) is 12.1. The highest BCUT2D eigenvalue weighted by atomic mass is 16.5. The first-order valence-corrected chi connectivity index (χ1v) is 13.3. The summed E-state index contributed by atoms with van der Waals surface area (Å²) in [7, 11) is 1.66. The van der Waals surface area contributed by atoms with Gasteiger partial charge in [-0.1, -0.05) is 60.7 Å². The number of rotatable bonds is 9. The molecule has 0 radical (unpaired) electrons. The van der Waals surface area contributed by atoms with Crippen molar-refractivity contribution in [2.45, 2.75) is 25.2 Å². The number of ether oxygens (including phenoxy) is 1. The third-order valence-corrected chi connectivity index (χ3v) is 7.36. The maximum absolute atomic E-state index is 13.0. The molecule has 0 spiro atoms. The van der Waals surface area contributed by atoms with Crippen LogP contribution in [0.2, 0.25) is 0 Å². The van der Waals surface area contributed by atoms with Crippen molar-refractivity contribution in [2.24, 2.45) is 5.92 Å². The number of nitrogens with zero attached hydrogens (tertiary/aromatic N) is 3. The summed E-state index contributed by atoms with van der Waals surface area (Å²) in [5.74, 6) is 2.13. The maximum atomic E-state index is 13.0. The van der Waals surface area contributed by atoms with Crippen LogP contribution in [-0.4, -0.2) is 42.8 Å². The Morgan fingerprint density at radius 2 is 1.50 bits per heavy atom. The Bertz CT molecular complexity index is 1250. The van der Waals surface area contributed by atoms with Crippen LogP contribution in [0.3, 0.4) is 0 Å². The molecule has 0 saturated carbocycles. The van der Waals surface area contributed by atoms with Gasteiger partial charge in [0.25, 0.3) is 0 Å². The van der Waals surface area contributed by atoms with Gasteiger partial charge in [-0.2, -0.15) is 0 Å². The molecule has 0 unspecified atom stereocenters. The van der Waals surface area contributed by atoms with Gasteiger partial charge in [0.2, 0.25) is 5.91 Å². The molecule has 0 bridgehead atoms. The van der Waals surface area contributed by atoms with Crippen molar-refractivity contribution in [3.63, 3.8) is 0 Å². The summed E-state index contributed by atoms with van der Waals surface area (Å²) >= 11 is 0. The first-order valence-electron chi connectivity index (χ1n) is 13.3. The minimum Gasteiger partial charge on any atom is -0.497 e. The average Bonchev–Trinajstić information content (AvgIpc) is 3.00. The molecule has 6 heteroatoms. The van der Waals surface area contributed by atoms with Gasteiger partial charge in [0.1, 0.15) is 5.75 Å². The zero-order chi connectivity index (χ0) is 26.2. The molecule has 2 heterocycles. The lowest BCUT2D eigenvalue weighted by Gasteiger charge is -2.32. The number of aromatic nitrogens is 2. The number of carbonyl (C=O) groups excluding carboxylic acids is 1. The Morgan fingerprint density at radius 3 is 2.05 bits per heavy atom. The van der Waals surface area contributed by atoms with Gasteiger partial charge >= 0.3 is 0 Å². The molecule has 1 aliphatic heterocycles. The number of benzene rings is 3. The third kappa shape index (κ3) is 6.20. The van der Waals surface area contributed by atoms with Crippen LogP contribution < -0.4 is 15.0 Å². The van der Waals surface area contributed by atoms with Gasteiger partial charge in [0.15, 0.2) is 5.82 Å². The van der Waals surface area contributed by atoms with Crippen molar-refractivity contribution < 1.29 is 9.53 Å². The van der Waals surface area contributed by atoms with Crippen molar-refractivity contribution in [1.29, 1.82) is 0 Å². The highest BCUT2D eigenvalue weighted by Gasteiger charge is 2.26. The molecule has 1 aliphatic rings. The second-order valence-corrected chi connectivity index (χ2v) is 9.72. The summed E-state index contributed by atoms with van der Waals surface area (Å²) in [6.07, 6.45) is 2.50. The average molecular weight is 507 g/mol. The summed E-state index contributed by atoms with van der Waals surface area (Å²) in [5.41, 5.74) is 4.39. The third-order valence-electron chi connectivity index (χ3n) is 7.36. The molecule has 1 N–H and O–H groups in total. The van der Waals surface area contributed by atoms with Crippen molar-refractivity contribution in [3.8, 4) is 17.0 Å². The van der Waals surface area contributed by atoms with Crippen molar-refractivity contribution >= 4 is 11.7 Å². The molecular formula is C32H34N4O2. The zero-order valence-electron chi connectivity index (χ0n) is 21.8. The van der Waals surface area contributed by atoms with Crippen LogP contribution in [0.4, 0.5) is 5.82 Å². The molecule has 6 nitrogen and oxygen atoms in total. The van der Waals surface area contributed by atoms with E-state index < -0.39 is 0 Å². The minimum absolute atomic E-state index is 0.0321. The van der Waals surface area contributed by atoms with Gasteiger partial charge in [-0.3, -0.25) is 4.79 Å². The summed E-state index contributed by atoms with van der Waals surface area (Å²) in [4.78, 5) is 15.2. The Balaban J connectivity index is 1.12. The quantitative estimate of drug-likeness (QED) is 0.315. The topological polar surface area (TPSA) is 67.3 Å². The number of anilines is 1. The monoisotopic (exact) mass is 506 g/mol. The number of hydrogen-bond donors (Lipinski definition) is 1. The smallest absolute Gasteiger partial charge is 0.223 e. The minimum atomic E-state index is 0.0321.